The third-order valence-electron chi connectivity index (χ3n) is 1.57. The quantitative estimate of drug-likeness (QED) is 0.516. The van der Waals surface area contributed by atoms with Crippen LogP contribution >= 0.6 is 0 Å². The molecule has 110 valence electrons. The highest BCUT2D eigenvalue weighted by molar-refractivity contribution is 5.82. The van der Waals surface area contributed by atoms with Crippen molar-refractivity contribution in [2.45, 2.75) is 33.3 Å². The van der Waals surface area contributed by atoms with Crippen LogP contribution in [0.3, 0.4) is 0 Å². The predicted octanol–water partition coefficient (Wildman–Crippen LogP) is 0.302. The molecule has 0 saturated heterocycles. The first-order valence-corrected chi connectivity index (χ1v) is 5.75. The monoisotopic (exact) mass is 275 g/mol. The minimum atomic E-state index is -0.866. The number of nitrogens with one attached hydrogen (secondary N) is 4. The number of hydrogen-bond donors (Lipinski definition) is 4. The Kier molecular flexibility index (Phi) is 6.45. The highest BCUT2D eigenvalue weighted by Gasteiger charge is 2.22. The van der Waals surface area contributed by atoms with E-state index in [0.29, 0.717) is 11.7 Å². The molecule has 0 aromatic heterocycles. The van der Waals surface area contributed by atoms with Crippen LogP contribution < -0.4 is 21.5 Å². The lowest BCUT2D eigenvalue weighted by Crippen LogP contribution is -2.61. The summed E-state index contributed by atoms with van der Waals surface area (Å²) in [4.78, 5) is 34.3. The Labute approximate surface area is 112 Å². The molecule has 4 N–H and O–H groups in total. The fraction of sp³-hybridized carbons (Fsp3) is 0.700. The van der Waals surface area contributed by atoms with E-state index < -0.39 is 23.8 Å². The van der Waals surface area contributed by atoms with Gasteiger partial charge in [0.2, 0.25) is 0 Å². The Morgan fingerprint density at radius 3 is 2.16 bits per heavy atom. The lowest BCUT2D eigenvalue weighted by atomic mass is 10.2. The molecular formula is C10H21N5O4. The molecule has 0 radical (unpaired) electrons. The van der Waals surface area contributed by atoms with Crippen LogP contribution in [0, 0.1) is 0 Å². The van der Waals surface area contributed by atoms with Gasteiger partial charge in [-0.1, -0.05) is 0 Å². The molecule has 0 fully saturated rings. The molecule has 9 heteroatoms. The van der Waals surface area contributed by atoms with Gasteiger partial charge in [-0.3, -0.25) is 0 Å². The summed E-state index contributed by atoms with van der Waals surface area (Å²) in [7, 11) is 1.37. The van der Waals surface area contributed by atoms with Crippen molar-refractivity contribution in [1.29, 1.82) is 0 Å². The number of nitrogens with zero attached hydrogens (tertiary/aromatic N) is 1. The van der Waals surface area contributed by atoms with Crippen LogP contribution in [0.15, 0.2) is 0 Å². The fourth-order valence-corrected chi connectivity index (χ4v) is 0.909. The summed E-state index contributed by atoms with van der Waals surface area (Å²) in [6, 6.07) is -1.36. The third-order valence-corrected chi connectivity index (χ3v) is 1.57. The average molecular weight is 275 g/mol. The standard InChI is InChI=1S/C10H21N5O4/c1-6-12-8(17)15(13-7(16)11-5)14-9(18)19-10(2,3)4/h6H2,1-5H3,(H,12,17)(H,14,18)(H2,11,13,16). The van der Waals surface area contributed by atoms with Crippen molar-refractivity contribution in [1.82, 2.24) is 26.6 Å². The van der Waals surface area contributed by atoms with Crippen molar-refractivity contribution >= 4 is 18.2 Å². The van der Waals surface area contributed by atoms with Crippen LogP contribution in [-0.4, -0.2) is 42.5 Å². The van der Waals surface area contributed by atoms with E-state index in [1.165, 1.54) is 7.05 Å². The first-order valence-electron chi connectivity index (χ1n) is 5.75. The van der Waals surface area contributed by atoms with Gasteiger partial charge in [-0.2, -0.15) is 0 Å². The number of amides is 5. The van der Waals surface area contributed by atoms with Crippen molar-refractivity contribution in [3.05, 3.63) is 0 Å². The molecule has 0 aliphatic rings. The second kappa shape index (κ2) is 7.29. The summed E-state index contributed by atoms with van der Waals surface area (Å²) < 4.78 is 4.97. The van der Waals surface area contributed by atoms with Gasteiger partial charge in [-0.25, -0.2) is 25.2 Å². The number of ether oxygens (including phenoxy) is 1. The normalized spacial score (nSPS) is 10.2. The summed E-state index contributed by atoms with van der Waals surface area (Å²) in [6.45, 7) is 7.06. The van der Waals surface area contributed by atoms with Crippen molar-refractivity contribution in [3.8, 4) is 0 Å². The van der Waals surface area contributed by atoms with Gasteiger partial charge in [-0.05, 0) is 27.7 Å². The summed E-state index contributed by atoms with van der Waals surface area (Å²) >= 11 is 0. The van der Waals surface area contributed by atoms with Crippen LogP contribution in [0.2, 0.25) is 0 Å². The van der Waals surface area contributed by atoms with Crippen LogP contribution in [0.25, 0.3) is 0 Å². The van der Waals surface area contributed by atoms with Crippen LogP contribution in [-0.2, 0) is 4.74 Å². The highest BCUT2D eigenvalue weighted by Crippen LogP contribution is 2.06. The molecule has 0 aromatic carbocycles. The van der Waals surface area contributed by atoms with E-state index in [1.807, 2.05) is 0 Å². The van der Waals surface area contributed by atoms with Gasteiger partial charge in [-0.15, -0.1) is 5.12 Å². The Morgan fingerprint density at radius 1 is 1.16 bits per heavy atom. The number of carbonyl (C=O) groups is 3. The smallest absolute Gasteiger partial charge is 0.428 e. The van der Waals surface area contributed by atoms with Gasteiger partial charge >= 0.3 is 18.2 Å². The van der Waals surface area contributed by atoms with Crippen molar-refractivity contribution < 1.29 is 19.1 Å². The van der Waals surface area contributed by atoms with E-state index in [0.717, 1.165) is 0 Å². The Hall–Kier alpha value is -2.19. The lowest BCUT2D eigenvalue weighted by Gasteiger charge is -2.25. The van der Waals surface area contributed by atoms with Crippen LogP contribution in [0.1, 0.15) is 27.7 Å². The number of hydrazine groups is 2. The molecule has 0 aliphatic heterocycles. The average Bonchev–Trinajstić information content (AvgIpc) is 2.25. The molecular weight excluding hydrogens is 254 g/mol. The molecule has 0 spiro atoms. The third kappa shape index (κ3) is 7.68. The first kappa shape index (κ1) is 16.8. The van der Waals surface area contributed by atoms with Gasteiger partial charge in [0, 0.05) is 13.6 Å². The van der Waals surface area contributed by atoms with E-state index in [2.05, 4.69) is 21.5 Å². The molecule has 9 nitrogen and oxygen atoms in total. The fourth-order valence-electron chi connectivity index (χ4n) is 0.909. The zero-order valence-electron chi connectivity index (χ0n) is 11.8. The zero-order chi connectivity index (χ0) is 15.1. The Bertz CT molecular complexity index is 339. The topological polar surface area (TPSA) is 112 Å². The minimum Gasteiger partial charge on any atom is -0.443 e. The van der Waals surface area contributed by atoms with Crippen molar-refractivity contribution in [2.24, 2.45) is 0 Å². The number of urea groups is 2. The van der Waals surface area contributed by atoms with Gasteiger partial charge in [0.15, 0.2) is 0 Å². The maximum atomic E-state index is 11.6. The van der Waals surface area contributed by atoms with Gasteiger partial charge < -0.3 is 15.4 Å². The summed E-state index contributed by atoms with van der Waals surface area (Å²) in [5.74, 6) is 0. The van der Waals surface area contributed by atoms with E-state index in [1.54, 1.807) is 27.7 Å². The molecule has 0 bridgehead atoms. The Balaban J connectivity index is 4.61. The van der Waals surface area contributed by atoms with Crippen molar-refractivity contribution in [3.63, 3.8) is 0 Å². The van der Waals surface area contributed by atoms with Gasteiger partial charge in [0.05, 0.1) is 0 Å². The number of hydrogen-bond acceptors (Lipinski definition) is 4. The number of rotatable bonds is 1. The maximum Gasteiger partial charge on any atom is 0.428 e. The first-order chi connectivity index (χ1) is 8.69. The van der Waals surface area contributed by atoms with E-state index in [4.69, 9.17) is 4.74 Å². The molecule has 0 aliphatic carbocycles. The highest BCUT2D eigenvalue weighted by atomic mass is 16.6. The SMILES string of the molecule is CCNC(=O)N(NC(=O)NC)NC(=O)OC(C)(C)C. The summed E-state index contributed by atoms with van der Waals surface area (Å²) in [5.41, 5.74) is 3.52. The lowest BCUT2D eigenvalue weighted by molar-refractivity contribution is 0.0331. The van der Waals surface area contributed by atoms with E-state index >= 15 is 0 Å². The molecule has 0 rings (SSSR count). The maximum absolute atomic E-state index is 11.6. The number of carbonyl (C=O) groups excluding carboxylic acids is 3. The summed E-state index contributed by atoms with van der Waals surface area (Å²) in [5, 5.41) is 5.28. The largest absolute Gasteiger partial charge is 0.443 e. The second-order valence-corrected chi connectivity index (χ2v) is 4.48. The second-order valence-electron chi connectivity index (χ2n) is 4.48. The van der Waals surface area contributed by atoms with Crippen LogP contribution in [0.5, 0.6) is 0 Å². The minimum absolute atomic E-state index is 0.334. The van der Waals surface area contributed by atoms with Gasteiger partial charge in [0.1, 0.15) is 5.60 Å². The van der Waals surface area contributed by atoms with Gasteiger partial charge in [0.25, 0.3) is 0 Å². The predicted molar refractivity (Wildman–Crippen MR) is 67.9 cm³/mol. The summed E-state index contributed by atoms with van der Waals surface area (Å²) in [6.07, 6.45) is -0.866. The van der Waals surface area contributed by atoms with E-state index in [9.17, 15) is 14.4 Å². The molecule has 0 saturated carbocycles. The molecule has 0 heterocycles. The molecule has 19 heavy (non-hydrogen) atoms. The molecule has 0 unspecified atom stereocenters. The van der Waals surface area contributed by atoms with Crippen molar-refractivity contribution in [2.75, 3.05) is 13.6 Å². The van der Waals surface area contributed by atoms with E-state index in [-0.39, 0.29) is 0 Å². The molecule has 0 aromatic rings. The molecule has 5 amide bonds. The zero-order valence-corrected chi connectivity index (χ0v) is 11.8. The molecule has 0 atom stereocenters. The van der Waals surface area contributed by atoms with Crippen LogP contribution in [0.4, 0.5) is 14.4 Å². The Morgan fingerprint density at radius 2 is 1.74 bits per heavy atom.